The van der Waals surface area contributed by atoms with Gasteiger partial charge in [0, 0.05) is 11.1 Å². The smallest absolute Gasteiger partial charge is 0.315 e. The van der Waals surface area contributed by atoms with Crippen molar-refractivity contribution in [2.75, 3.05) is 6.61 Å². The van der Waals surface area contributed by atoms with Crippen LogP contribution < -0.4 is 0 Å². The molecule has 0 unspecified atom stereocenters. The lowest BCUT2D eigenvalue weighted by Crippen LogP contribution is -2.33. The molecule has 1 saturated carbocycles. The Balaban J connectivity index is 1.89. The fourth-order valence-electron chi connectivity index (χ4n) is 3.63. The van der Waals surface area contributed by atoms with Crippen LogP contribution in [0.4, 0.5) is 0 Å². The fourth-order valence-corrected chi connectivity index (χ4v) is 3.63. The molecule has 2 aromatic rings. The molecule has 0 spiro atoms. The number of aromatic nitrogens is 1. The van der Waals surface area contributed by atoms with Gasteiger partial charge in [-0.3, -0.25) is 9.78 Å². The zero-order valence-electron chi connectivity index (χ0n) is 15.3. The Morgan fingerprint density at radius 2 is 1.92 bits per heavy atom. The van der Waals surface area contributed by atoms with Gasteiger partial charge in [-0.05, 0) is 43.9 Å². The minimum absolute atomic E-state index is 0.0712. The first-order valence-electron chi connectivity index (χ1n) is 9.43. The van der Waals surface area contributed by atoms with Crippen molar-refractivity contribution in [3.63, 3.8) is 0 Å². The Morgan fingerprint density at radius 1 is 1.16 bits per heavy atom. The van der Waals surface area contributed by atoms with E-state index in [-0.39, 0.29) is 5.97 Å². The Morgan fingerprint density at radius 3 is 2.64 bits per heavy atom. The third-order valence-corrected chi connectivity index (χ3v) is 5.16. The highest BCUT2D eigenvalue weighted by Crippen LogP contribution is 2.39. The SMILES string of the molecule is CCOC(=O)C1(/C=C/c2ccc3ccc(CC)nc3c2)CCCCC1. The summed E-state index contributed by atoms with van der Waals surface area (Å²) >= 11 is 0. The molecule has 0 bridgehead atoms. The van der Waals surface area contributed by atoms with E-state index in [1.807, 2.05) is 6.92 Å². The normalized spacial score (nSPS) is 17.0. The molecule has 0 atom stereocenters. The van der Waals surface area contributed by atoms with Crippen LogP contribution in [0.25, 0.3) is 17.0 Å². The number of ether oxygens (including phenoxy) is 1. The van der Waals surface area contributed by atoms with Crippen molar-refractivity contribution in [1.29, 1.82) is 0 Å². The summed E-state index contributed by atoms with van der Waals surface area (Å²) in [6.07, 6.45) is 10.2. The molecule has 3 heteroatoms. The predicted molar refractivity (Wildman–Crippen MR) is 102 cm³/mol. The summed E-state index contributed by atoms with van der Waals surface area (Å²) in [6.45, 7) is 4.43. The molecular formula is C22H27NO2. The molecule has 1 aromatic carbocycles. The molecule has 1 fully saturated rings. The van der Waals surface area contributed by atoms with E-state index < -0.39 is 5.41 Å². The van der Waals surface area contributed by atoms with Gasteiger partial charge >= 0.3 is 5.97 Å². The number of hydrogen-bond acceptors (Lipinski definition) is 3. The van der Waals surface area contributed by atoms with Crippen LogP contribution in [0.3, 0.4) is 0 Å². The van der Waals surface area contributed by atoms with Crippen LogP contribution in [-0.2, 0) is 16.0 Å². The van der Waals surface area contributed by atoms with Gasteiger partial charge in [0.25, 0.3) is 0 Å². The zero-order chi connectivity index (χ0) is 17.7. The van der Waals surface area contributed by atoms with Crippen molar-refractivity contribution in [3.8, 4) is 0 Å². The maximum atomic E-state index is 12.6. The second-order valence-electron chi connectivity index (χ2n) is 6.88. The minimum atomic E-state index is -0.456. The molecule has 0 N–H and O–H groups in total. The molecule has 1 heterocycles. The van der Waals surface area contributed by atoms with E-state index in [1.165, 1.54) is 6.42 Å². The van der Waals surface area contributed by atoms with Gasteiger partial charge in [0.15, 0.2) is 0 Å². The van der Waals surface area contributed by atoms with E-state index in [9.17, 15) is 4.79 Å². The topological polar surface area (TPSA) is 39.2 Å². The molecule has 1 aromatic heterocycles. The van der Waals surface area contributed by atoms with E-state index in [2.05, 4.69) is 49.4 Å². The second-order valence-corrected chi connectivity index (χ2v) is 6.88. The summed E-state index contributed by atoms with van der Waals surface area (Å²) in [6, 6.07) is 10.5. The number of aryl methyl sites for hydroxylation is 1. The molecule has 0 aliphatic heterocycles. The van der Waals surface area contributed by atoms with Crippen molar-refractivity contribution in [2.24, 2.45) is 5.41 Å². The number of rotatable bonds is 5. The minimum Gasteiger partial charge on any atom is -0.465 e. The molecule has 3 nitrogen and oxygen atoms in total. The van der Waals surface area contributed by atoms with Gasteiger partial charge in [0.05, 0.1) is 17.5 Å². The largest absolute Gasteiger partial charge is 0.465 e. The summed E-state index contributed by atoms with van der Waals surface area (Å²) in [7, 11) is 0. The molecule has 1 aliphatic rings. The van der Waals surface area contributed by atoms with Crippen LogP contribution in [0, 0.1) is 5.41 Å². The number of nitrogens with zero attached hydrogens (tertiary/aromatic N) is 1. The molecule has 1 aliphatic carbocycles. The lowest BCUT2D eigenvalue weighted by Gasteiger charge is -2.32. The quantitative estimate of drug-likeness (QED) is 0.693. The molecule has 0 amide bonds. The van der Waals surface area contributed by atoms with E-state index >= 15 is 0 Å². The van der Waals surface area contributed by atoms with Crippen LogP contribution in [0.5, 0.6) is 0 Å². The maximum Gasteiger partial charge on any atom is 0.315 e. The number of pyridine rings is 1. The van der Waals surface area contributed by atoms with Crippen LogP contribution in [0.2, 0.25) is 0 Å². The molecule has 132 valence electrons. The fraction of sp³-hybridized carbons (Fsp3) is 0.455. The number of carbonyl (C=O) groups is 1. The van der Waals surface area contributed by atoms with E-state index in [0.29, 0.717) is 6.61 Å². The Bertz CT molecular complexity index is 773. The van der Waals surface area contributed by atoms with Gasteiger partial charge in [-0.25, -0.2) is 0 Å². The predicted octanol–water partition coefficient (Wildman–Crippen LogP) is 5.32. The third-order valence-electron chi connectivity index (χ3n) is 5.16. The number of carbonyl (C=O) groups excluding carboxylic acids is 1. The lowest BCUT2D eigenvalue weighted by molar-refractivity contribution is -0.154. The van der Waals surface area contributed by atoms with Crippen molar-refractivity contribution in [1.82, 2.24) is 4.98 Å². The Hall–Kier alpha value is -2.16. The average molecular weight is 337 g/mol. The molecular weight excluding hydrogens is 310 g/mol. The van der Waals surface area contributed by atoms with Crippen LogP contribution in [0.1, 0.15) is 57.2 Å². The number of fused-ring (bicyclic) bond motifs is 1. The van der Waals surface area contributed by atoms with Crippen molar-refractivity contribution in [3.05, 3.63) is 47.7 Å². The highest BCUT2D eigenvalue weighted by atomic mass is 16.5. The summed E-state index contributed by atoms with van der Waals surface area (Å²) in [5.74, 6) is -0.0712. The molecule has 25 heavy (non-hydrogen) atoms. The first kappa shape index (κ1) is 17.7. The summed E-state index contributed by atoms with van der Waals surface area (Å²) < 4.78 is 5.37. The van der Waals surface area contributed by atoms with Crippen LogP contribution in [-0.4, -0.2) is 17.6 Å². The standard InChI is InChI=1S/C22H27NO2/c1-3-19-11-10-18-9-8-17(16-20(18)23-19)12-15-22(21(24)25-4-2)13-6-5-7-14-22/h8-12,15-16H,3-7,13-14H2,1-2H3/b15-12+. The van der Waals surface area contributed by atoms with Gasteiger partial charge < -0.3 is 4.74 Å². The van der Waals surface area contributed by atoms with E-state index in [1.54, 1.807) is 0 Å². The molecule has 0 saturated heterocycles. The molecule has 3 rings (SSSR count). The van der Waals surface area contributed by atoms with Crippen molar-refractivity contribution >= 4 is 22.9 Å². The number of esters is 1. The Kier molecular flexibility index (Phi) is 5.52. The molecule has 0 radical (unpaired) electrons. The van der Waals surface area contributed by atoms with E-state index in [4.69, 9.17) is 9.72 Å². The monoisotopic (exact) mass is 337 g/mol. The van der Waals surface area contributed by atoms with Gasteiger partial charge in [-0.1, -0.05) is 56.5 Å². The first-order chi connectivity index (χ1) is 12.2. The van der Waals surface area contributed by atoms with E-state index in [0.717, 1.165) is 54.3 Å². The summed E-state index contributed by atoms with van der Waals surface area (Å²) in [5, 5.41) is 1.15. The van der Waals surface area contributed by atoms with Gasteiger partial charge in [-0.2, -0.15) is 0 Å². The Labute approximate surface area is 150 Å². The highest BCUT2D eigenvalue weighted by molar-refractivity contribution is 5.83. The third kappa shape index (κ3) is 3.92. The lowest BCUT2D eigenvalue weighted by atomic mass is 9.73. The van der Waals surface area contributed by atoms with Gasteiger partial charge in [-0.15, -0.1) is 0 Å². The summed E-state index contributed by atoms with van der Waals surface area (Å²) in [4.78, 5) is 17.3. The summed E-state index contributed by atoms with van der Waals surface area (Å²) in [5.41, 5.74) is 2.74. The average Bonchev–Trinajstić information content (AvgIpc) is 2.66. The first-order valence-corrected chi connectivity index (χ1v) is 9.43. The zero-order valence-corrected chi connectivity index (χ0v) is 15.3. The maximum absolute atomic E-state index is 12.6. The number of benzene rings is 1. The van der Waals surface area contributed by atoms with Crippen molar-refractivity contribution in [2.45, 2.75) is 52.4 Å². The van der Waals surface area contributed by atoms with Gasteiger partial charge in [0.2, 0.25) is 0 Å². The highest BCUT2D eigenvalue weighted by Gasteiger charge is 2.38. The van der Waals surface area contributed by atoms with Crippen LogP contribution >= 0.6 is 0 Å². The van der Waals surface area contributed by atoms with Crippen molar-refractivity contribution < 1.29 is 9.53 Å². The number of hydrogen-bond donors (Lipinski definition) is 0. The van der Waals surface area contributed by atoms with Crippen LogP contribution in [0.15, 0.2) is 36.4 Å². The van der Waals surface area contributed by atoms with Gasteiger partial charge in [0.1, 0.15) is 0 Å². The second kappa shape index (κ2) is 7.81.